The fraction of sp³-hybridized carbons (Fsp3) is 0.143. The molecule has 0 atom stereocenters. The molecule has 6 heteroatoms. The molecule has 0 radical (unpaired) electrons. The Balaban J connectivity index is 2.17. The predicted molar refractivity (Wildman–Crippen MR) is 66.8 cm³/mol. The topological polar surface area (TPSA) is 32.3 Å². The summed E-state index contributed by atoms with van der Waals surface area (Å²) in [5.74, 6) is -1.34. The summed E-state index contributed by atoms with van der Waals surface area (Å²) in [7, 11) is 0. The van der Waals surface area contributed by atoms with Crippen molar-refractivity contribution in [3.05, 3.63) is 59.4 Å². The minimum absolute atomic E-state index is 0.0634. The third-order valence-electron chi connectivity index (χ3n) is 2.75. The quantitative estimate of drug-likeness (QED) is 0.655. The van der Waals surface area contributed by atoms with Crippen LogP contribution in [0, 0.1) is 5.82 Å². The highest BCUT2D eigenvalue weighted by Gasteiger charge is 2.32. The largest absolute Gasteiger partial charge is 0.505 e. The van der Waals surface area contributed by atoms with Gasteiger partial charge in [-0.3, -0.25) is 0 Å². The number of hydrogen-bond acceptors (Lipinski definition) is 2. The van der Waals surface area contributed by atoms with Gasteiger partial charge in [0, 0.05) is 18.3 Å². The SMILES string of the molecule is Oc1ccc(NCc2ccccc2C(F)(F)F)cc1F. The standard InChI is InChI=1S/C14H11F4NO/c15-12-7-10(5-6-13(12)20)19-8-9-3-1-2-4-11(9)14(16,17)18/h1-7,19-20H,8H2. The third-order valence-corrected chi connectivity index (χ3v) is 2.75. The van der Waals surface area contributed by atoms with Gasteiger partial charge in [0.1, 0.15) is 0 Å². The highest BCUT2D eigenvalue weighted by molar-refractivity contribution is 5.47. The van der Waals surface area contributed by atoms with Gasteiger partial charge in [-0.05, 0) is 23.8 Å². The Bertz CT molecular complexity index is 610. The molecule has 0 aliphatic heterocycles. The molecular weight excluding hydrogens is 274 g/mol. The predicted octanol–water partition coefficient (Wildman–Crippen LogP) is 4.16. The summed E-state index contributed by atoms with van der Waals surface area (Å²) in [6.45, 7) is -0.0973. The van der Waals surface area contributed by atoms with Crippen LogP contribution >= 0.6 is 0 Å². The number of alkyl halides is 3. The Labute approximate surface area is 112 Å². The van der Waals surface area contributed by atoms with Crippen molar-refractivity contribution in [3.63, 3.8) is 0 Å². The van der Waals surface area contributed by atoms with E-state index in [-0.39, 0.29) is 17.8 Å². The lowest BCUT2D eigenvalue weighted by atomic mass is 10.1. The minimum Gasteiger partial charge on any atom is -0.505 e. The molecule has 0 spiro atoms. The summed E-state index contributed by atoms with van der Waals surface area (Å²) < 4.78 is 51.4. The van der Waals surface area contributed by atoms with E-state index in [0.29, 0.717) is 0 Å². The number of anilines is 1. The van der Waals surface area contributed by atoms with Gasteiger partial charge < -0.3 is 10.4 Å². The van der Waals surface area contributed by atoms with Gasteiger partial charge in [0.2, 0.25) is 0 Å². The lowest BCUT2D eigenvalue weighted by Gasteiger charge is -2.14. The van der Waals surface area contributed by atoms with Crippen molar-refractivity contribution < 1.29 is 22.7 Å². The maximum absolute atomic E-state index is 13.1. The molecule has 0 unspecified atom stereocenters. The van der Waals surface area contributed by atoms with Crippen LogP contribution in [0.3, 0.4) is 0 Å². The van der Waals surface area contributed by atoms with Gasteiger partial charge in [-0.1, -0.05) is 18.2 Å². The molecule has 106 valence electrons. The molecule has 0 aromatic heterocycles. The van der Waals surface area contributed by atoms with Crippen LogP contribution in [-0.2, 0) is 12.7 Å². The summed E-state index contributed by atoms with van der Waals surface area (Å²) in [5.41, 5.74) is -0.377. The van der Waals surface area contributed by atoms with E-state index in [4.69, 9.17) is 5.11 Å². The van der Waals surface area contributed by atoms with E-state index in [1.54, 1.807) is 0 Å². The van der Waals surface area contributed by atoms with Crippen LogP contribution in [0.25, 0.3) is 0 Å². The van der Waals surface area contributed by atoms with Crippen LogP contribution in [0.5, 0.6) is 5.75 Å². The zero-order chi connectivity index (χ0) is 14.8. The number of benzene rings is 2. The first-order valence-corrected chi connectivity index (χ1v) is 5.75. The summed E-state index contributed by atoms with van der Waals surface area (Å²) in [6, 6.07) is 8.70. The van der Waals surface area contributed by atoms with Gasteiger partial charge in [0.05, 0.1) is 5.56 Å². The van der Waals surface area contributed by atoms with E-state index in [2.05, 4.69) is 5.32 Å². The average Bonchev–Trinajstić information content (AvgIpc) is 2.39. The van der Waals surface area contributed by atoms with Gasteiger partial charge in [-0.15, -0.1) is 0 Å². The molecule has 2 aromatic rings. The second-order valence-corrected chi connectivity index (χ2v) is 4.17. The first-order chi connectivity index (χ1) is 9.38. The van der Waals surface area contributed by atoms with Crippen LogP contribution in [0.15, 0.2) is 42.5 Å². The number of halogens is 4. The maximum Gasteiger partial charge on any atom is 0.416 e. The first-order valence-electron chi connectivity index (χ1n) is 5.75. The van der Waals surface area contributed by atoms with E-state index < -0.39 is 23.3 Å². The zero-order valence-electron chi connectivity index (χ0n) is 10.2. The molecule has 2 N–H and O–H groups in total. The van der Waals surface area contributed by atoms with Crippen molar-refractivity contribution in [2.45, 2.75) is 12.7 Å². The molecule has 0 heterocycles. The van der Waals surface area contributed by atoms with E-state index in [0.717, 1.165) is 18.2 Å². The van der Waals surface area contributed by atoms with Gasteiger partial charge in [-0.25, -0.2) is 4.39 Å². The fourth-order valence-corrected chi connectivity index (χ4v) is 1.77. The molecule has 0 saturated heterocycles. The Morgan fingerprint density at radius 2 is 1.75 bits per heavy atom. The molecule has 0 aliphatic rings. The Kier molecular flexibility index (Phi) is 3.83. The lowest BCUT2D eigenvalue weighted by molar-refractivity contribution is -0.138. The molecule has 0 saturated carbocycles. The smallest absolute Gasteiger partial charge is 0.416 e. The molecule has 2 rings (SSSR count). The van der Waals surface area contributed by atoms with Crippen molar-refractivity contribution in [1.82, 2.24) is 0 Å². The van der Waals surface area contributed by atoms with Gasteiger partial charge in [0.15, 0.2) is 11.6 Å². The lowest BCUT2D eigenvalue weighted by Crippen LogP contribution is -2.11. The second-order valence-electron chi connectivity index (χ2n) is 4.17. The van der Waals surface area contributed by atoms with Crippen molar-refractivity contribution in [3.8, 4) is 5.75 Å². The minimum atomic E-state index is -4.43. The molecule has 2 nitrogen and oxygen atoms in total. The van der Waals surface area contributed by atoms with Crippen molar-refractivity contribution in [2.24, 2.45) is 0 Å². The highest BCUT2D eigenvalue weighted by Crippen LogP contribution is 2.32. The molecule has 0 aliphatic carbocycles. The monoisotopic (exact) mass is 285 g/mol. The number of phenolic OH excluding ortho intramolecular Hbond substituents is 1. The number of phenols is 1. The zero-order valence-corrected chi connectivity index (χ0v) is 10.2. The van der Waals surface area contributed by atoms with Crippen molar-refractivity contribution in [1.29, 1.82) is 0 Å². The Hall–Kier alpha value is -2.24. The van der Waals surface area contributed by atoms with Crippen molar-refractivity contribution >= 4 is 5.69 Å². The number of hydrogen-bond donors (Lipinski definition) is 2. The van der Waals surface area contributed by atoms with E-state index in [1.165, 1.54) is 24.3 Å². The third kappa shape index (κ3) is 3.20. The van der Waals surface area contributed by atoms with Gasteiger partial charge in [-0.2, -0.15) is 13.2 Å². The number of nitrogens with one attached hydrogen (secondary N) is 1. The van der Waals surface area contributed by atoms with E-state index in [1.807, 2.05) is 0 Å². The number of aromatic hydroxyl groups is 1. The summed E-state index contributed by atoms with van der Waals surface area (Å²) in [5, 5.41) is 11.7. The van der Waals surface area contributed by atoms with Crippen molar-refractivity contribution in [2.75, 3.05) is 5.32 Å². The normalized spacial score (nSPS) is 11.4. The van der Waals surface area contributed by atoms with E-state index >= 15 is 0 Å². The second kappa shape index (κ2) is 5.40. The Morgan fingerprint density at radius 1 is 1.05 bits per heavy atom. The highest BCUT2D eigenvalue weighted by atomic mass is 19.4. The van der Waals surface area contributed by atoms with Crippen LogP contribution in [0.1, 0.15) is 11.1 Å². The molecule has 0 fully saturated rings. The summed E-state index contributed by atoms with van der Waals surface area (Å²) in [6.07, 6.45) is -4.43. The van der Waals surface area contributed by atoms with Crippen LogP contribution < -0.4 is 5.32 Å². The maximum atomic E-state index is 13.1. The molecule has 20 heavy (non-hydrogen) atoms. The Morgan fingerprint density at radius 3 is 2.40 bits per heavy atom. The van der Waals surface area contributed by atoms with Gasteiger partial charge >= 0.3 is 6.18 Å². The molecule has 0 bridgehead atoms. The van der Waals surface area contributed by atoms with Crippen LogP contribution in [0.4, 0.5) is 23.2 Å². The molecule has 2 aromatic carbocycles. The van der Waals surface area contributed by atoms with Crippen LogP contribution in [-0.4, -0.2) is 5.11 Å². The summed E-state index contributed by atoms with van der Waals surface area (Å²) >= 11 is 0. The number of rotatable bonds is 3. The average molecular weight is 285 g/mol. The summed E-state index contributed by atoms with van der Waals surface area (Å²) in [4.78, 5) is 0. The molecule has 0 amide bonds. The van der Waals surface area contributed by atoms with E-state index in [9.17, 15) is 17.6 Å². The van der Waals surface area contributed by atoms with Crippen LogP contribution in [0.2, 0.25) is 0 Å². The fourth-order valence-electron chi connectivity index (χ4n) is 1.77. The van der Waals surface area contributed by atoms with Gasteiger partial charge in [0.25, 0.3) is 0 Å². The molecular formula is C14H11F4NO. The first kappa shape index (κ1) is 14.2.